The van der Waals surface area contributed by atoms with E-state index in [1.807, 2.05) is 57.5 Å². The molecule has 0 aliphatic carbocycles. The van der Waals surface area contributed by atoms with Crippen molar-refractivity contribution in [1.29, 1.82) is 0 Å². The second-order valence-electron chi connectivity index (χ2n) is 5.79. The van der Waals surface area contributed by atoms with E-state index in [-0.39, 0.29) is 11.9 Å². The first-order valence-corrected chi connectivity index (χ1v) is 7.26. The number of hydrogen-bond donors (Lipinski definition) is 1. The first kappa shape index (κ1) is 15.3. The van der Waals surface area contributed by atoms with Crippen LogP contribution in [0.3, 0.4) is 0 Å². The van der Waals surface area contributed by atoms with Crippen LogP contribution in [0, 0.1) is 27.7 Å². The number of rotatable bonds is 4. The van der Waals surface area contributed by atoms with Crippen LogP contribution in [-0.2, 0) is 4.79 Å². The van der Waals surface area contributed by atoms with Gasteiger partial charge in [0, 0.05) is 17.8 Å². The molecule has 1 heterocycles. The van der Waals surface area contributed by atoms with Gasteiger partial charge in [-0.25, -0.2) is 0 Å². The van der Waals surface area contributed by atoms with E-state index in [1.54, 1.807) is 0 Å². The van der Waals surface area contributed by atoms with Gasteiger partial charge in [0.05, 0.1) is 11.7 Å². The molecule has 112 valence electrons. The molecule has 0 saturated carbocycles. The van der Waals surface area contributed by atoms with Crippen LogP contribution in [0.2, 0.25) is 0 Å². The molecule has 1 N–H and O–H groups in total. The van der Waals surface area contributed by atoms with Crippen molar-refractivity contribution in [3.63, 3.8) is 0 Å². The normalized spacial score (nSPS) is 12.2. The van der Waals surface area contributed by atoms with E-state index in [1.165, 1.54) is 5.56 Å². The Morgan fingerprint density at radius 2 is 1.95 bits per heavy atom. The van der Waals surface area contributed by atoms with Gasteiger partial charge in [0.2, 0.25) is 5.91 Å². The molecule has 4 heteroatoms. The number of anilines is 1. The standard InChI is InChI=1S/C17H23N3O/c1-11-6-7-16(12(2)8-11)18-17(21)10-15(5)20-14(4)9-13(3)19-20/h6-9,15H,10H2,1-5H3,(H,18,21)/t15-/m1/s1. The van der Waals surface area contributed by atoms with Gasteiger partial charge in [-0.1, -0.05) is 17.7 Å². The maximum absolute atomic E-state index is 12.2. The summed E-state index contributed by atoms with van der Waals surface area (Å²) >= 11 is 0. The smallest absolute Gasteiger partial charge is 0.226 e. The van der Waals surface area contributed by atoms with Gasteiger partial charge in [-0.3, -0.25) is 9.48 Å². The molecule has 0 saturated heterocycles. The van der Waals surface area contributed by atoms with Crippen molar-refractivity contribution in [1.82, 2.24) is 9.78 Å². The molecule has 0 radical (unpaired) electrons. The summed E-state index contributed by atoms with van der Waals surface area (Å²) in [6, 6.07) is 8.10. The number of benzene rings is 1. The molecule has 0 bridgehead atoms. The number of nitrogens with zero attached hydrogens (tertiary/aromatic N) is 2. The minimum atomic E-state index is 0.0157. The van der Waals surface area contributed by atoms with Gasteiger partial charge in [-0.2, -0.15) is 5.10 Å². The largest absolute Gasteiger partial charge is 0.326 e. The average molecular weight is 285 g/mol. The lowest BCUT2D eigenvalue weighted by molar-refractivity contribution is -0.116. The van der Waals surface area contributed by atoms with Crippen LogP contribution in [0.4, 0.5) is 5.69 Å². The van der Waals surface area contributed by atoms with E-state index in [4.69, 9.17) is 0 Å². The van der Waals surface area contributed by atoms with E-state index in [0.717, 1.165) is 22.6 Å². The lowest BCUT2D eigenvalue weighted by Gasteiger charge is -2.15. The third-order valence-electron chi connectivity index (χ3n) is 3.60. The molecule has 1 atom stereocenters. The highest BCUT2D eigenvalue weighted by molar-refractivity contribution is 5.91. The van der Waals surface area contributed by atoms with Crippen molar-refractivity contribution >= 4 is 11.6 Å². The lowest BCUT2D eigenvalue weighted by Crippen LogP contribution is -2.19. The third kappa shape index (κ3) is 3.72. The SMILES string of the molecule is Cc1ccc(NC(=O)C[C@@H](C)n2nc(C)cc2C)c(C)c1. The third-order valence-corrected chi connectivity index (χ3v) is 3.60. The van der Waals surface area contributed by atoms with Gasteiger partial charge >= 0.3 is 0 Å². The molecular formula is C17H23N3O. The Labute approximate surface area is 126 Å². The fraction of sp³-hybridized carbons (Fsp3) is 0.412. The fourth-order valence-electron chi connectivity index (χ4n) is 2.60. The summed E-state index contributed by atoms with van der Waals surface area (Å²) in [5.41, 5.74) is 5.23. The lowest BCUT2D eigenvalue weighted by atomic mass is 10.1. The zero-order chi connectivity index (χ0) is 15.6. The predicted molar refractivity (Wildman–Crippen MR) is 85.6 cm³/mol. The zero-order valence-electron chi connectivity index (χ0n) is 13.4. The maximum Gasteiger partial charge on any atom is 0.226 e. The minimum Gasteiger partial charge on any atom is -0.326 e. The first-order chi connectivity index (χ1) is 9.86. The molecule has 1 amide bonds. The summed E-state index contributed by atoms with van der Waals surface area (Å²) in [6.45, 7) is 10.0. The molecular weight excluding hydrogens is 262 g/mol. The Hall–Kier alpha value is -2.10. The number of hydrogen-bond acceptors (Lipinski definition) is 2. The Kier molecular flexibility index (Phi) is 4.46. The van der Waals surface area contributed by atoms with Gasteiger partial charge < -0.3 is 5.32 Å². The molecule has 21 heavy (non-hydrogen) atoms. The Morgan fingerprint density at radius 1 is 1.24 bits per heavy atom. The summed E-state index contributed by atoms with van der Waals surface area (Å²) in [5, 5.41) is 7.42. The zero-order valence-corrected chi connectivity index (χ0v) is 13.4. The molecule has 0 spiro atoms. The van der Waals surface area contributed by atoms with Crippen LogP contribution >= 0.6 is 0 Å². The molecule has 0 aliphatic heterocycles. The van der Waals surface area contributed by atoms with Gasteiger partial charge in [0.25, 0.3) is 0 Å². The van der Waals surface area contributed by atoms with Crippen molar-refractivity contribution in [2.45, 2.75) is 47.1 Å². The van der Waals surface area contributed by atoms with E-state index < -0.39 is 0 Å². The second kappa shape index (κ2) is 6.12. The average Bonchev–Trinajstić information content (AvgIpc) is 2.72. The Morgan fingerprint density at radius 3 is 2.52 bits per heavy atom. The fourth-order valence-corrected chi connectivity index (χ4v) is 2.60. The molecule has 1 aromatic heterocycles. The number of carbonyl (C=O) groups excluding carboxylic acids is 1. The summed E-state index contributed by atoms with van der Waals surface area (Å²) in [4.78, 5) is 12.2. The predicted octanol–water partition coefficient (Wildman–Crippen LogP) is 3.71. The van der Waals surface area contributed by atoms with Crippen LogP contribution in [0.15, 0.2) is 24.3 Å². The van der Waals surface area contributed by atoms with Crippen molar-refractivity contribution in [2.75, 3.05) is 5.32 Å². The van der Waals surface area contributed by atoms with E-state index in [9.17, 15) is 4.79 Å². The molecule has 0 fully saturated rings. The summed E-state index contributed by atoms with van der Waals surface area (Å²) in [6.07, 6.45) is 0.412. The quantitative estimate of drug-likeness (QED) is 0.931. The van der Waals surface area contributed by atoms with E-state index in [2.05, 4.69) is 16.5 Å². The van der Waals surface area contributed by atoms with E-state index in [0.29, 0.717) is 6.42 Å². The van der Waals surface area contributed by atoms with Gasteiger partial charge in [0.15, 0.2) is 0 Å². The minimum absolute atomic E-state index is 0.0157. The first-order valence-electron chi connectivity index (χ1n) is 7.26. The number of aryl methyl sites for hydroxylation is 4. The molecule has 4 nitrogen and oxygen atoms in total. The highest BCUT2D eigenvalue weighted by Gasteiger charge is 2.14. The van der Waals surface area contributed by atoms with Crippen LogP contribution in [0.5, 0.6) is 0 Å². The van der Waals surface area contributed by atoms with Crippen molar-refractivity contribution in [3.05, 3.63) is 46.8 Å². The monoisotopic (exact) mass is 285 g/mol. The maximum atomic E-state index is 12.2. The van der Waals surface area contributed by atoms with Crippen LogP contribution in [0.1, 0.15) is 41.9 Å². The van der Waals surface area contributed by atoms with Crippen molar-refractivity contribution < 1.29 is 4.79 Å². The molecule has 0 unspecified atom stereocenters. The van der Waals surface area contributed by atoms with E-state index >= 15 is 0 Å². The van der Waals surface area contributed by atoms with Gasteiger partial charge in [0.1, 0.15) is 0 Å². The van der Waals surface area contributed by atoms with Gasteiger partial charge in [-0.15, -0.1) is 0 Å². The van der Waals surface area contributed by atoms with Crippen molar-refractivity contribution in [3.8, 4) is 0 Å². The second-order valence-corrected chi connectivity index (χ2v) is 5.79. The molecule has 2 aromatic rings. The number of amides is 1. The van der Waals surface area contributed by atoms with Crippen LogP contribution in [0.25, 0.3) is 0 Å². The summed E-state index contributed by atoms with van der Waals surface area (Å²) < 4.78 is 1.91. The van der Waals surface area contributed by atoms with Crippen molar-refractivity contribution in [2.24, 2.45) is 0 Å². The molecule has 2 rings (SSSR count). The summed E-state index contributed by atoms with van der Waals surface area (Å²) in [5.74, 6) is 0.0157. The highest BCUT2D eigenvalue weighted by atomic mass is 16.1. The summed E-state index contributed by atoms with van der Waals surface area (Å²) in [7, 11) is 0. The van der Waals surface area contributed by atoms with Crippen LogP contribution in [-0.4, -0.2) is 15.7 Å². The topological polar surface area (TPSA) is 46.9 Å². The molecule has 0 aliphatic rings. The van der Waals surface area contributed by atoms with Crippen LogP contribution < -0.4 is 5.32 Å². The number of aromatic nitrogens is 2. The molecule has 1 aromatic carbocycles. The Bertz CT molecular complexity index is 658. The Balaban J connectivity index is 2.03. The highest BCUT2D eigenvalue weighted by Crippen LogP contribution is 2.19. The number of carbonyl (C=O) groups is 1. The number of nitrogens with one attached hydrogen (secondary N) is 1. The van der Waals surface area contributed by atoms with Gasteiger partial charge in [-0.05, 0) is 52.3 Å².